The first-order valence-electron chi connectivity index (χ1n) is 5.67. The SMILES string of the molecule is CCn1ccn(Cc2cc(C#CCO)cs2)c1=O. The van der Waals surface area contributed by atoms with E-state index in [0.29, 0.717) is 13.1 Å². The van der Waals surface area contributed by atoms with Crippen LogP contribution in [0.2, 0.25) is 0 Å². The smallest absolute Gasteiger partial charge is 0.328 e. The van der Waals surface area contributed by atoms with Gasteiger partial charge in [0.05, 0.1) is 6.54 Å². The molecule has 0 unspecified atom stereocenters. The molecule has 0 atom stereocenters. The summed E-state index contributed by atoms with van der Waals surface area (Å²) < 4.78 is 3.35. The number of thiophene rings is 1. The fourth-order valence-electron chi connectivity index (χ4n) is 1.65. The van der Waals surface area contributed by atoms with E-state index >= 15 is 0 Å². The number of aliphatic hydroxyl groups is 1. The normalized spacial score (nSPS) is 10.1. The molecule has 0 aliphatic heterocycles. The first kappa shape index (κ1) is 12.7. The van der Waals surface area contributed by atoms with Gasteiger partial charge < -0.3 is 5.11 Å². The van der Waals surface area contributed by atoms with Crippen LogP contribution in [-0.2, 0) is 13.1 Å². The lowest BCUT2D eigenvalue weighted by Gasteiger charge is -1.97. The second-order valence-corrected chi connectivity index (χ2v) is 4.75. The van der Waals surface area contributed by atoms with Gasteiger partial charge >= 0.3 is 5.69 Å². The van der Waals surface area contributed by atoms with Gasteiger partial charge in [0.25, 0.3) is 0 Å². The van der Waals surface area contributed by atoms with Crippen LogP contribution in [0.4, 0.5) is 0 Å². The number of aryl methyl sites for hydroxylation is 1. The van der Waals surface area contributed by atoms with Gasteiger partial charge in [-0.15, -0.1) is 11.3 Å². The van der Waals surface area contributed by atoms with Gasteiger partial charge in [-0.2, -0.15) is 0 Å². The monoisotopic (exact) mass is 262 g/mol. The standard InChI is InChI=1S/C13H14N2O2S/c1-2-14-5-6-15(13(14)17)9-12-8-11(10-18-12)4-3-7-16/h5-6,8,10,16H,2,7,9H2,1H3. The van der Waals surface area contributed by atoms with Crippen molar-refractivity contribution in [3.8, 4) is 11.8 Å². The maximum atomic E-state index is 11.9. The van der Waals surface area contributed by atoms with Crippen LogP contribution in [0.1, 0.15) is 17.4 Å². The van der Waals surface area contributed by atoms with Gasteiger partial charge in [0, 0.05) is 34.8 Å². The Balaban J connectivity index is 2.16. The summed E-state index contributed by atoms with van der Waals surface area (Å²) in [5, 5.41) is 10.5. The van der Waals surface area contributed by atoms with Crippen LogP contribution in [0.5, 0.6) is 0 Å². The van der Waals surface area contributed by atoms with Crippen LogP contribution in [-0.4, -0.2) is 20.8 Å². The quantitative estimate of drug-likeness (QED) is 0.843. The molecule has 2 heterocycles. The average molecular weight is 262 g/mol. The largest absolute Gasteiger partial charge is 0.384 e. The van der Waals surface area contributed by atoms with E-state index in [1.165, 1.54) is 0 Å². The Morgan fingerprint density at radius 1 is 1.39 bits per heavy atom. The Labute approximate surface area is 109 Å². The minimum absolute atomic E-state index is 0.00823. The van der Waals surface area contributed by atoms with Gasteiger partial charge in [-0.25, -0.2) is 4.79 Å². The Bertz CT molecular complexity index is 640. The van der Waals surface area contributed by atoms with Crippen LogP contribution in [0.25, 0.3) is 0 Å². The molecule has 1 N–H and O–H groups in total. The van der Waals surface area contributed by atoms with E-state index in [4.69, 9.17) is 5.11 Å². The van der Waals surface area contributed by atoms with Gasteiger partial charge in [0.15, 0.2) is 0 Å². The van der Waals surface area contributed by atoms with Crippen molar-refractivity contribution in [2.75, 3.05) is 6.61 Å². The first-order valence-corrected chi connectivity index (χ1v) is 6.55. The summed E-state index contributed by atoms with van der Waals surface area (Å²) in [5.74, 6) is 5.46. The molecule has 0 saturated heterocycles. The summed E-state index contributed by atoms with van der Waals surface area (Å²) in [6, 6.07) is 1.95. The maximum absolute atomic E-state index is 11.9. The summed E-state index contributed by atoms with van der Waals surface area (Å²) in [4.78, 5) is 12.9. The third-order valence-electron chi connectivity index (χ3n) is 2.55. The van der Waals surface area contributed by atoms with E-state index in [-0.39, 0.29) is 12.3 Å². The fraction of sp³-hybridized carbons (Fsp3) is 0.308. The van der Waals surface area contributed by atoms with Crippen molar-refractivity contribution in [1.29, 1.82) is 0 Å². The van der Waals surface area contributed by atoms with Crippen molar-refractivity contribution in [1.82, 2.24) is 9.13 Å². The number of aliphatic hydroxyl groups excluding tert-OH is 1. The molecule has 0 radical (unpaired) electrons. The van der Waals surface area contributed by atoms with Crippen LogP contribution in [0, 0.1) is 11.8 Å². The number of hydrogen-bond donors (Lipinski definition) is 1. The predicted octanol–water partition coefficient (Wildman–Crippen LogP) is 1.12. The summed E-state index contributed by atoms with van der Waals surface area (Å²) in [6.07, 6.45) is 3.59. The van der Waals surface area contributed by atoms with Crippen molar-refractivity contribution < 1.29 is 5.11 Å². The van der Waals surface area contributed by atoms with Crippen molar-refractivity contribution in [3.05, 3.63) is 44.8 Å². The number of rotatable bonds is 3. The third kappa shape index (κ3) is 2.73. The lowest BCUT2D eigenvalue weighted by molar-refractivity contribution is 0.350. The van der Waals surface area contributed by atoms with Gasteiger partial charge in [0.2, 0.25) is 0 Å². The highest BCUT2D eigenvalue weighted by Gasteiger charge is 2.04. The van der Waals surface area contributed by atoms with Crippen LogP contribution >= 0.6 is 11.3 Å². The average Bonchev–Trinajstić information content (AvgIpc) is 2.96. The fourth-order valence-corrected chi connectivity index (χ4v) is 2.47. The van der Waals surface area contributed by atoms with E-state index in [1.807, 2.05) is 18.4 Å². The second-order valence-electron chi connectivity index (χ2n) is 3.76. The van der Waals surface area contributed by atoms with Gasteiger partial charge in [-0.05, 0) is 13.0 Å². The van der Waals surface area contributed by atoms with E-state index < -0.39 is 0 Å². The zero-order chi connectivity index (χ0) is 13.0. The molecule has 5 heteroatoms. The molecule has 94 valence electrons. The number of aromatic nitrogens is 2. The number of hydrogen-bond acceptors (Lipinski definition) is 3. The highest BCUT2D eigenvalue weighted by atomic mass is 32.1. The molecule has 0 aliphatic rings. The van der Waals surface area contributed by atoms with E-state index in [2.05, 4.69) is 11.8 Å². The summed E-state index contributed by atoms with van der Waals surface area (Å²) in [7, 11) is 0. The summed E-state index contributed by atoms with van der Waals surface area (Å²) in [6.45, 7) is 3.06. The highest BCUT2D eigenvalue weighted by molar-refractivity contribution is 7.10. The minimum Gasteiger partial charge on any atom is -0.384 e. The van der Waals surface area contributed by atoms with Crippen molar-refractivity contribution in [2.45, 2.75) is 20.0 Å². The number of imidazole rings is 1. The Morgan fingerprint density at radius 2 is 2.17 bits per heavy atom. The van der Waals surface area contributed by atoms with Gasteiger partial charge in [-0.3, -0.25) is 9.13 Å². The van der Waals surface area contributed by atoms with E-state index in [9.17, 15) is 4.79 Å². The van der Waals surface area contributed by atoms with Crippen molar-refractivity contribution in [3.63, 3.8) is 0 Å². The molecular weight excluding hydrogens is 248 g/mol. The molecule has 2 rings (SSSR count). The topological polar surface area (TPSA) is 47.2 Å². The molecular formula is C13H14N2O2S. The van der Waals surface area contributed by atoms with Crippen LogP contribution in [0.15, 0.2) is 28.6 Å². The Morgan fingerprint density at radius 3 is 2.83 bits per heavy atom. The molecule has 2 aromatic rings. The predicted molar refractivity (Wildman–Crippen MR) is 71.8 cm³/mol. The number of nitrogens with zero attached hydrogens (tertiary/aromatic N) is 2. The molecule has 0 fully saturated rings. The molecule has 0 saturated carbocycles. The van der Waals surface area contributed by atoms with E-state index in [0.717, 1.165) is 10.4 Å². The molecule has 4 nitrogen and oxygen atoms in total. The minimum atomic E-state index is -0.135. The van der Waals surface area contributed by atoms with Gasteiger partial charge in [0.1, 0.15) is 6.61 Å². The molecule has 0 amide bonds. The maximum Gasteiger partial charge on any atom is 0.328 e. The third-order valence-corrected chi connectivity index (χ3v) is 3.47. The zero-order valence-corrected chi connectivity index (χ0v) is 10.9. The zero-order valence-electron chi connectivity index (χ0n) is 10.1. The van der Waals surface area contributed by atoms with Crippen molar-refractivity contribution >= 4 is 11.3 Å². The summed E-state index contributed by atoms with van der Waals surface area (Å²) >= 11 is 1.57. The first-order chi connectivity index (χ1) is 8.74. The molecule has 0 aliphatic carbocycles. The lowest BCUT2D eigenvalue weighted by Crippen LogP contribution is -2.23. The molecule has 0 spiro atoms. The highest BCUT2D eigenvalue weighted by Crippen LogP contribution is 2.14. The second kappa shape index (κ2) is 5.71. The van der Waals surface area contributed by atoms with Crippen LogP contribution < -0.4 is 5.69 Å². The van der Waals surface area contributed by atoms with Gasteiger partial charge in [-0.1, -0.05) is 11.8 Å². The molecule has 2 aromatic heterocycles. The lowest BCUT2D eigenvalue weighted by atomic mass is 10.3. The Hall–Kier alpha value is -1.77. The molecule has 18 heavy (non-hydrogen) atoms. The van der Waals surface area contributed by atoms with Crippen molar-refractivity contribution in [2.24, 2.45) is 0 Å². The summed E-state index contributed by atoms with van der Waals surface area (Å²) in [5.41, 5.74) is 0.890. The molecule has 0 aromatic carbocycles. The molecule has 0 bridgehead atoms. The van der Waals surface area contributed by atoms with Crippen LogP contribution in [0.3, 0.4) is 0 Å². The van der Waals surface area contributed by atoms with E-state index in [1.54, 1.807) is 32.9 Å². The Kier molecular flexibility index (Phi) is 4.03.